The van der Waals surface area contributed by atoms with Gasteiger partial charge in [0.25, 0.3) is 11.8 Å². The molecule has 1 aliphatic heterocycles. The molecular weight excluding hydrogens is 352 g/mol. The van der Waals surface area contributed by atoms with Gasteiger partial charge in [-0.05, 0) is 53.4 Å². The van der Waals surface area contributed by atoms with Crippen molar-refractivity contribution >= 4 is 34.0 Å². The number of amides is 2. The molecule has 0 atom stereocenters. The smallest absolute Gasteiger partial charge is 0.256 e. The van der Waals surface area contributed by atoms with Crippen LogP contribution in [-0.2, 0) is 16.0 Å². The molecule has 0 radical (unpaired) electrons. The van der Waals surface area contributed by atoms with Crippen LogP contribution in [0.15, 0.2) is 60.7 Å². The van der Waals surface area contributed by atoms with E-state index in [1.165, 1.54) is 7.11 Å². The summed E-state index contributed by atoms with van der Waals surface area (Å²) in [6.45, 7) is 0.760. The first-order chi connectivity index (χ1) is 13.7. The lowest BCUT2D eigenvalue weighted by molar-refractivity contribution is -0.122. The second-order valence-electron chi connectivity index (χ2n) is 6.91. The average molecular weight is 374 g/mol. The molecule has 0 aliphatic carbocycles. The van der Waals surface area contributed by atoms with Crippen LogP contribution in [0.1, 0.15) is 22.3 Å². The number of hydrogen-bond acceptors (Lipinski definition) is 3. The number of anilines is 2. The maximum atomic E-state index is 12.9. The molecule has 1 N–H and O–H groups in total. The third-order valence-corrected chi connectivity index (χ3v) is 5.06. The highest BCUT2D eigenvalue weighted by molar-refractivity contribution is 6.13. The molecule has 0 fully saturated rings. The van der Waals surface area contributed by atoms with Crippen molar-refractivity contribution < 1.29 is 14.3 Å². The van der Waals surface area contributed by atoms with Crippen molar-refractivity contribution in [2.24, 2.45) is 0 Å². The minimum absolute atomic E-state index is 0.0454. The van der Waals surface area contributed by atoms with E-state index in [9.17, 15) is 9.59 Å². The van der Waals surface area contributed by atoms with Gasteiger partial charge in [-0.15, -0.1) is 0 Å². The van der Waals surface area contributed by atoms with E-state index in [1.54, 1.807) is 4.90 Å². The fourth-order valence-electron chi connectivity index (χ4n) is 3.76. The third-order valence-electron chi connectivity index (χ3n) is 5.06. The Labute approximate surface area is 163 Å². The van der Waals surface area contributed by atoms with Gasteiger partial charge in [0.15, 0.2) is 0 Å². The quantitative estimate of drug-likeness (QED) is 0.750. The van der Waals surface area contributed by atoms with Crippen LogP contribution >= 0.6 is 0 Å². The van der Waals surface area contributed by atoms with Crippen LogP contribution in [0.5, 0.6) is 0 Å². The summed E-state index contributed by atoms with van der Waals surface area (Å²) < 4.78 is 4.98. The van der Waals surface area contributed by atoms with Crippen molar-refractivity contribution in [2.45, 2.75) is 12.8 Å². The molecule has 0 spiro atoms. The van der Waals surface area contributed by atoms with Gasteiger partial charge in [0.2, 0.25) is 0 Å². The van der Waals surface area contributed by atoms with Crippen LogP contribution in [0.3, 0.4) is 0 Å². The zero-order valence-corrected chi connectivity index (χ0v) is 15.8. The molecule has 0 bridgehead atoms. The van der Waals surface area contributed by atoms with E-state index in [4.69, 9.17) is 4.74 Å². The number of fused-ring (bicyclic) bond motifs is 2. The van der Waals surface area contributed by atoms with Crippen molar-refractivity contribution in [1.29, 1.82) is 0 Å². The van der Waals surface area contributed by atoms with Gasteiger partial charge in [-0.2, -0.15) is 0 Å². The normalized spacial score (nSPS) is 13.2. The van der Waals surface area contributed by atoms with Gasteiger partial charge in [-0.25, -0.2) is 0 Å². The molecule has 3 aromatic rings. The van der Waals surface area contributed by atoms with Gasteiger partial charge in [-0.3, -0.25) is 9.59 Å². The summed E-state index contributed by atoms with van der Waals surface area (Å²) in [6.07, 6.45) is 1.77. The van der Waals surface area contributed by atoms with E-state index in [0.717, 1.165) is 40.6 Å². The molecule has 2 amide bonds. The van der Waals surface area contributed by atoms with Crippen molar-refractivity contribution in [3.8, 4) is 0 Å². The minimum atomic E-state index is -0.139. The van der Waals surface area contributed by atoms with Gasteiger partial charge in [0.1, 0.15) is 6.61 Å². The molecule has 0 aromatic heterocycles. The molecule has 0 saturated heterocycles. The first kappa shape index (κ1) is 18.2. The topological polar surface area (TPSA) is 58.6 Å². The number of methoxy groups -OCH3 is 1. The molecule has 142 valence electrons. The molecule has 4 rings (SSSR count). The molecule has 0 unspecified atom stereocenters. The van der Waals surface area contributed by atoms with Gasteiger partial charge in [-0.1, -0.05) is 36.4 Å². The predicted molar refractivity (Wildman–Crippen MR) is 111 cm³/mol. The Bertz CT molecular complexity index is 1040. The van der Waals surface area contributed by atoms with Gasteiger partial charge in [0.05, 0.1) is 0 Å². The fourth-order valence-corrected chi connectivity index (χ4v) is 3.76. The fraction of sp³-hybridized carbons (Fsp3) is 0.217. The number of aryl methyl sites for hydroxylation is 1. The summed E-state index contributed by atoms with van der Waals surface area (Å²) >= 11 is 0. The van der Waals surface area contributed by atoms with E-state index in [2.05, 4.69) is 5.32 Å². The second-order valence-corrected chi connectivity index (χ2v) is 6.91. The van der Waals surface area contributed by atoms with E-state index in [1.807, 2.05) is 60.7 Å². The zero-order chi connectivity index (χ0) is 19.5. The highest BCUT2D eigenvalue weighted by Gasteiger charge is 2.22. The number of hydrogen-bond donors (Lipinski definition) is 1. The number of nitrogens with zero attached hydrogens (tertiary/aromatic N) is 1. The van der Waals surface area contributed by atoms with Crippen LogP contribution in [0.2, 0.25) is 0 Å². The Hall–Kier alpha value is -3.18. The highest BCUT2D eigenvalue weighted by Crippen LogP contribution is 2.30. The number of rotatable bonds is 4. The maximum Gasteiger partial charge on any atom is 0.256 e. The van der Waals surface area contributed by atoms with Crippen molar-refractivity contribution in [1.82, 2.24) is 0 Å². The van der Waals surface area contributed by atoms with Crippen LogP contribution < -0.4 is 10.2 Å². The van der Waals surface area contributed by atoms with E-state index in [0.29, 0.717) is 12.1 Å². The SMILES string of the molecule is COCC(=O)N1CCCc2cc(NC(=O)c3cccc4ccccc34)ccc21. The highest BCUT2D eigenvalue weighted by atomic mass is 16.5. The summed E-state index contributed by atoms with van der Waals surface area (Å²) in [6, 6.07) is 19.3. The second kappa shape index (κ2) is 7.82. The summed E-state index contributed by atoms with van der Waals surface area (Å²) in [5.74, 6) is -0.184. The summed E-state index contributed by atoms with van der Waals surface area (Å²) in [4.78, 5) is 26.9. The van der Waals surface area contributed by atoms with Gasteiger partial charge < -0.3 is 15.0 Å². The lowest BCUT2D eigenvalue weighted by Crippen LogP contribution is -2.37. The van der Waals surface area contributed by atoms with E-state index >= 15 is 0 Å². The Morgan fingerprint density at radius 1 is 1.07 bits per heavy atom. The Morgan fingerprint density at radius 3 is 2.75 bits per heavy atom. The van der Waals surface area contributed by atoms with Crippen molar-refractivity contribution in [2.75, 3.05) is 30.5 Å². The minimum Gasteiger partial charge on any atom is -0.375 e. The lowest BCUT2D eigenvalue weighted by Gasteiger charge is -2.29. The number of ether oxygens (including phenoxy) is 1. The first-order valence-electron chi connectivity index (χ1n) is 9.39. The molecule has 3 aromatic carbocycles. The Balaban J connectivity index is 1.59. The summed E-state index contributed by atoms with van der Waals surface area (Å²) in [5.41, 5.74) is 3.34. The molecule has 5 heteroatoms. The van der Waals surface area contributed by atoms with E-state index in [-0.39, 0.29) is 18.4 Å². The predicted octanol–water partition coefficient (Wildman–Crippen LogP) is 4.02. The largest absolute Gasteiger partial charge is 0.375 e. The lowest BCUT2D eigenvalue weighted by atomic mass is 10.0. The number of carbonyl (C=O) groups excluding carboxylic acids is 2. The van der Waals surface area contributed by atoms with Crippen LogP contribution in [0, 0.1) is 0 Å². The van der Waals surface area contributed by atoms with Gasteiger partial charge in [0, 0.05) is 30.6 Å². The van der Waals surface area contributed by atoms with Crippen molar-refractivity contribution in [3.05, 3.63) is 71.8 Å². The zero-order valence-electron chi connectivity index (χ0n) is 15.8. The molecular formula is C23H22N2O3. The van der Waals surface area contributed by atoms with E-state index < -0.39 is 0 Å². The molecule has 28 heavy (non-hydrogen) atoms. The summed E-state index contributed by atoms with van der Waals surface area (Å²) in [7, 11) is 1.52. The standard InChI is InChI=1S/C23H22N2O3/c1-28-15-22(26)25-13-5-8-17-14-18(11-12-21(17)25)24-23(27)20-10-4-7-16-6-2-3-9-19(16)20/h2-4,6-7,9-12,14H,5,8,13,15H2,1H3,(H,24,27). The molecule has 1 heterocycles. The molecule has 1 aliphatic rings. The number of carbonyl (C=O) groups is 2. The first-order valence-corrected chi connectivity index (χ1v) is 9.39. The van der Waals surface area contributed by atoms with Crippen molar-refractivity contribution in [3.63, 3.8) is 0 Å². The third kappa shape index (κ3) is 3.49. The Morgan fingerprint density at radius 2 is 1.89 bits per heavy atom. The Kier molecular flexibility index (Phi) is 5.08. The number of benzene rings is 3. The molecule has 5 nitrogen and oxygen atoms in total. The molecule has 0 saturated carbocycles. The van der Waals surface area contributed by atoms with Crippen LogP contribution in [0.4, 0.5) is 11.4 Å². The summed E-state index contributed by atoms with van der Waals surface area (Å²) in [5, 5.41) is 4.97. The number of nitrogens with one attached hydrogen (secondary N) is 1. The monoisotopic (exact) mass is 374 g/mol. The van der Waals surface area contributed by atoms with Crippen LogP contribution in [-0.4, -0.2) is 32.1 Å². The average Bonchev–Trinajstić information content (AvgIpc) is 2.72. The maximum absolute atomic E-state index is 12.9. The van der Waals surface area contributed by atoms with Gasteiger partial charge >= 0.3 is 0 Å². The van der Waals surface area contributed by atoms with Crippen LogP contribution in [0.25, 0.3) is 10.8 Å².